The molecule has 1 aromatic rings. The number of amides is 1. The van der Waals surface area contributed by atoms with Gasteiger partial charge in [-0.25, -0.2) is 0 Å². The summed E-state index contributed by atoms with van der Waals surface area (Å²) in [5.41, 5.74) is 2.58. The molecular formula is C12H14BrNOS. The van der Waals surface area contributed by atoms with Gasteiger partial charge >= 0.3 is 0 Å². The molecule has 0 aromatic heterocycles. The van der Waals surface area contributed by atoms with Crippen molar-refractivity contribution < 1.29 is 4.79 Å². The van der Waals surface area contributed by atoms with Gasteiger partial charge in [-0.15, -0.1) is 0 Å². The fraction of sp³-hybridized carbons (Fsp3) is 0.417. The third kappa shape index (κ3) is 2.43. The largest absolute Gasteiger partial charge is 0.347 e. The summed E-state index contributed by atoms with van der Waals surface area (Å²) in [7, 11) is 0. The summed E-state index contributed by atoms with van der Waals surface area (Å²) in [6, 6.07) is 8.42. The van der Waals surface area contributed by atoms with E-state index in [-0.39, 0.29) is 11.9 Å². The Kier molecular flexibility index (Phi) is 3.92. The molecule has 0 radical (unpaired) electrons. The number of halogens is 1. The van der Waals surface area contributed by atoms with Gasteiger partial charge in [0.1, 0.15) is 0 Å². The Labute approximate surface area is 108 Å². The maximum Gasteiger partial charge on any atom is 0.230 e. The summed E-state index contributed by atoms with van der Waals surface area (Å²) < 4.78 is 0. The number of hydrogen-bond acceptors (Lipinski definition) is 2. The topological polar surface area (TPSA) is 29.1 Å². The zero-order chi connectivity index (χ0) is 11.5. The van der Waals surface area contributed by atoms with Crippen LogP contribution in [0.15, 0.2) is 24.3 Å². The molecule has 1 aliphatic rings. The Bertz CT molecular complexity index is 396. The first-order chi connectivity index (χ1) is 7.72. The Morgan fingerprint density at radius 1 is 1.56 bits per heavy atom. The number of fused-ring (bicyclic) bond motifs is 1. The zero-order valence-corrected chi connectivity index (χ0v) is 11.5. The highest BCUT2D eigenvalue weighted by Crippen LogP contribution is 2.35. The fourth-order valence-electron chi connectivity index (χ4n) is 2.06. The van der Waals surface area contributed by atoms with Gasteiger partial charge in [0.05, 0.1) is 11.8 Å². The zero-order valence-electron chi connectivity index (χ0n) is 9.07. The summed E-state index contributed by atoms with van der Waals surface area (Å²) in [6.45, 7) is 0. The first-order valence-electron chi connectivity index (χ1n) is 5.22. The normalized spacial score (nSPS) is 22.9. The third-order valence-electron chi connectivity index (χ3n) is 2.76. The van der Waals surface area contributed by atoms with E-state index >= 15 is 0 Å². The summed E-state index contributed by atoms with van der Waals surface area (Å²) in [4.78, 5) is 11.9. The molecule has 16 heavy (non-hydrogen) atoms. The standard InChI is InChI=1S/C12H14BrNOS/c1-16-7-11(15)14-12-9-5-3-2-4-8(9)6-10(12)13/h2-5,10,12H,6-7H2,1H3,(H,14,15). The van der Waals surface area contributed by atoms with Crippen LogP contribution in [0.25, 0.3) is 0 Å². The van der Waals surface area contributed by atoms with Crippen molar-refractivity contribution in [2.45, 2.75) is 17.3 Å². The molecular weight excluding hydrogens is 286 g/mol. The van der Waals surface area contributed by atoms with Gasteiger partial charge in [0.25, 0.3) is 0 Å². The lowest BCUT2D eigenvalue weighted by Gasteiger charge is -2.17. The minimum atomic E-state index is 0.110. The van der Waals surface area contributed by atoms with E-state index in [9.17, 15) is 4.79 Å². The molecule has 2 unspecified atom stereocenters. The number of hydrogen-bond donors (Lipinski definition) is 1. The smallest absolute Gasteiger partial charge is 0.230 e. The molecule has 86 valence electrons. The fourth-order valence-corrected chi connectivity index (χ4v) is 3.17. The van der Waals surface area contributed by atoms with Crippen LogP contribution >= 0.6 is 27.7 Å². The minimum Gasteiger partial charge on any atom is -0.347 e. The lowest BCUT2D eigenvalue weighted by atomic mass is 10.1. The summed E-state index contributed by atoms with van der Waals surface area (Å²) in [5, 5.41) is 3.08. The second kappa shape index (κ2) is 5.23. The predicted molar refractivity (Wildman–Crippen MR) is 72.1 cm³/mol. The lowest BCUT2D eigenvalue weighted by Crippen LogP contribution is -2.32. The molecule has 0 heterocycles. The van der Waals surface area contributed by atoms with E-state index in [0.29, 0.717) is 10.6 Å². The van der Waals surface area contributed by atoms with Crippen molar-refractivity contribution in [3.05, 3.63) is 35.4 Å². The second-order valence-corrected chi connectivity index (χ2v) is 5.94. The minimum absolute atomic E-state index is 0.110. The van der Waals surface area contributed by atoms with Crippen LogP contribution < -0.4 is 5.32 Å². The second-order valence-electron chi connectivity index (χ2n) is 3.90. The molecule has 4 heteroatoms. The number of carbonyl (C=O) groups is 1. The molecule has 1 aliphatic carbocycles. The van der Waals surface area contributed by atoms with Gasteiger partial charge in [-0.3, -0.25) is 4.79 Å². The number of carbonyl (C=O) groups excluding carboxylic acids is 1. The van der Waals surface area contributed by atoms with Crippen molar-refractivity contribution >= 4 is 33.6 Å². The van der Waals surface area contributed by atoms with Crippen molar-refractivity contribution in [1.29, 1.82) is 0 Å². The molecule has 0 saturated heterocycles. The third-order valence-corrected chi connectivity index (χ3v) is 4.16. The number of thioether (sulfide) groups is 1. The molecule has 1 aromatic carbocycles. The van der Waals surface area contributed by atoms with Gasteiger partial charge in [0, 0.05) is 4.83 Å². The highest BCUT2D eigenvalue weighted by molar-refractivity contribution is 9.09. The number of benzene rings is 1. The highest BCUT2D eigenvalue weighted by Gasteiger charge is 2.31. The van der Waals surface area contributed by atoms with Crippen molar-refractivity contribution in [2.24, 2.45) is 0 Å². The number of nitrogens with one attached hydrogen (secondary N) is 1. The van der Waals surface area contributed by atoms with Gasteiger partial charge < -0.3 is 5.32 Å². The quantitative estimate of drug-likeness (QED) is 0.869. The monoisotopic (exact) mass is 299 g/mol. The Hall–Kier alpha value is -0.480. The van der Waals surface area contributed by atoms with Crippen LogP contribution in [0, 0.1) is 0 Å². The molecule has 2 rings (SSSR count). The molecule has 0 aliphatic heterocycles. The Morgan fingerprint density at radius 3 is 3.06 bits per heavy atom. The van der Waals surface area contributed by atoms with E-state index in [2.05, 4.69) is 33.4 Å². The highest BCUT2D eigenvalue weighted by atomic mass is 79.9. The van der Waals surface area contributed by atoms with Gasteiger partial charge in [0.2, 0.25) is 5.91 Å². The van der Waals surface area contributed by atoms with Crippen LogP contribution in [-0.2, 0) is 11.2 Å². The van der Waals surface area contributed by atoms with Crippen LogP contribution in [0.1, 0.15) is 17.2 Å². The van der Waals surface area contributed by atoms with Crippen molar-refractivity contribution in [3.63, 3.8) is 0 Å². The lowest BCUT2D eigenvalue weighted by molar-refractivity contribution is -0.119. The summed E-state index contributed by atoms with van der Waals surface area (Å²) in [6.07, 6.45) is 2.92. The average molecular weight is 300 g/mol. The SMILES string of the molecule is CSCC(=O)NC1c2ccccc2CC1Br. The predicted octanol–water partition coefficient (Wildman–Crippen LogP) is 2.53. The van der Waals surface area contributed by atoms with Crippen LogP contribution in [0.2, 0.25) is 0 Å². The van der Waals surface area contributed by atoms with Gasteiger partial charge in [0.15, 0.2) is 0 Å². The summed E-state index contributed by atoms with van der Waals surface area (Å²) in [5.74, 6) is 0.636. The molecule has 0 bridgehead atoms. The number of rotatable bonds is 3. The maximum atomic E-state index is 11.6. The number of alkyl halides is 1. The van der Waals surface area contributed by atoms with Crippen LogP contribution in [0.4, 0.5) is 0 Å². The molecule has 0 saturated carbocycles. The first-order valence-corrected chi connectivity index (χ1v) is 7.53. The molecule has 2 nitrogen and oxygen atoms in total. The van der Waals surface area contributed by atoms with E-state index in [4.69, 9.17) is 0 Å². The van der Waals surface area contributed by atoms with Gasteiger partial charge in [-0.05, 0) is 23.8 Å². The van der Waals surface area contributed by atoms with E-state index in [1.165, 1.54) is 11.1 Å². The van der Waals surface area contributed by atoms with Crippen LogP contribution in [0.5, 0.6) is 0 Å². The van der Waals surface area contributed by atoms with Gasteiger partial charge in [-0.2, -0.15) is 11.8 Å². The molecule has 0 fully saturated rings. The summed E-state index contributed by atoms with van der Waals surface area (Å²) >= 11 is 5.19. The van der Waals surface area contributed by atoms with Crippen LogP contribution in [0.3, 0.4) is 0 Å². The first kappa shape index (κ1) is 12.0. The van der Waals surface area contributed by atoms with E-state index in [1.807, 2.05) is 18.4 Å². The Morgan fingerprint density at radius 2 is 2.31 bits per heavy atom. The van der Waals surface area contributed by atoms with Crippen molar-refractivity contribution in [3.8, 4) is 0 Å². The van der Waals surface area contributed by atoms with E-state index in [1.54, 1.807) is 11.8 Å². The van der Waals surface area contributed by atoms with Crippen LogP contribution in [-0.4, -0.2) is 22.7 Å². The van der Waals surface area contributed by atoms with Gasteiger partial charge in [-0.1, -0.05) is 40.2 Å². The molecule has 1 amide bonds. The average Bonchev–Trinajstić information content (AvgIpc) is 2.56. The maximum absolute atomic E-state index is 11.6. The Balaban J connectivity index is 2.13. The van der Waals surface area contributed by atoms with Crippen molar-refractivity contribution in [2.75, 3.05) is 12.0 Å². The molecule has 2 atom stereocenters. The van der Waals surface area contributed by atoms with E-state index in [0.717, 1.165) is 6.42 Å². The van der Waals surface area contributed by atoms with Crippen molar-refractivity contribution in [1.82, 2.24) is 5.32 Å². The molecule has 0 spiro atoms. The molecule has 1 N–H and O–H groups in total. The van der Waals surface area contributed by atoms with E-state index < -0.39 is 0 Å².